The molecule has 1 aliphatic carbocycles. The van der Waals surface area contributed by atoms with Crippen LogP contribution in [-0.2, 0) is 6.42 Å². The number of aryl methyl sites for hydroxylation is 1. The van der Waals surface area contributed by atoms with E-state index in [1.807, 2.05) is 36.4 Å². The number of nitrogens with zero attached hydrogens (tertiary/aromatic N) is 2. The van der Waals surface area contributed by atoms with Gasteiger partial charge in [-0.2, -0.15) is 5.10 Å². The van der Waals surface area contributed by atoms with Crippen molar-refractivity contribution >= 4 is 17.4 Å². The predicted molar refractivity (Wildman–Crippen MR) is 120 cm³/mol. The predicted octanol–water partition coefficient (Wildman–Crippen LogP) is 3.60. The number of aromatic amines is 2. The lowest BCUT2D eigenvalue weighted by molar-refractivity contribution is 0.0971. The lowest BCUT2D eigenvalue weighted by atomic mass is 9.93. The molecule has 2 heterocycles. The molecule has 2 aromatic carbocycles. The number of para-hydroxylation sites is 1. The molecule has 8 heteroatoms. The number of hydrogen-bond donors (Lipinski definition) is 3. The van der Waals surface area contributed by atoms with Gasteiger partial charge in [0.15, 0.2) is 17.4 Å². The third kappa shape index (κ3) is 3.62. The van der Waals surface area contributed by atoms with Crippen LogP contribution in [0.3, 0.4) is 0 Å². The molecule has 1 amide bonds. The summed E-state index contributed by atoms with van der Waals surface area (Å²) < 4.78 is 0. The Morgan fingerprint density at radius 3 is 2.56 bits per heavy atom. The van der Waals surface area contributed by atoms with Crippen LogP contribution < -0.4 is 10.9 Å². The molecule has 0 saturated heterocycles. The molecule has 4 aromatic rings. The molecule has 2 aromatic heterocycles. The molecule has 8 nitrogen and oxygen atoms in total. The molecule has 0 bridgehead atoms. The molecular weight excluding hydrogens is 406 g/mol. The van der Waals surface area contributed by atoms with Gasteiger partial charge in [-0.05, 0) is 31.0 Å². The van der Waals surface area contributed by atoms with E-state index in [0.717, 1.165) is 5.56 Å². The smallest absolute Gasteiger partial charge is 0.261 e. The standard InChI is InChI=1S/C24H19N5O3/c30-20-12-6-11-19-16(20)13-17(24(32)26-19)23(31)25-18-10-5-4-9-15(18)22-27-21(28-29-22)14-7-2-1-3-8-14/h1-5,7-10,13H,6,11-12H2,(H,25,31)(H,26,32)(H,27,28,29). The Labute approximate surface area is 182 Å². The molecule has 0 unspecified atom stereocenters. The average molecular weight is 425 g/mol. The fraction of sp³-hybridized carbons (Fsp3) is 0.125. The first-order valence-electron chi connectivity index (χ1n) is 10.3. The number of benzene rings is 2. The van der Waals surface area contributed by atoms with E-state index in [9.17, 15) is 14.4 Å². The molecule has 0 fully saturated rings. The van der Waals surface area contributed by atoms with E-state index in [-0.39, 0.29) is 11.3 Å². The highest BCUT2D eigenvalue weighted by molar-refractivity contribution is 6.08. The average Bonchev–Trinajstić information content (AvgIpc) is 3.30. The van der Waals surface area contributed by atoms with Crippen molar-refractivity contribution in [1.29, 1.82) is 0 Å². The van der Waals surface area contributed by atoms with Crippen molar-refractivity contribution in [3.05, 3.63) is 87.8 Å². The van der Waals surface area contributed by atoms with Crippen LogP contribution in [0.5, 0.6) is 0 Å². The van der Waals surface area contributed by atoms with Crippen molar-refractivity contribution in [3.8, 4) is 22.8 Å². The maximum absolute atomic E-state index is 12.9. The molecule has 0 atom stereocenters. The van der Waals surface area contributed by atoms with Gasteiger partial charge in [0.1, 0.15) is 5.56 Å². The van der Waals surface area contributed by atoms with Crippen LogP contribution in [0, 0.1) is 0 Å². The Hall–Kier alpha value is -4.33. The third-order valence-electron chi connectivity index (χ3n) is 5.45. The zero-order valence-corrected chi connectivity index (χ0v) is 17.0. The van der Waals surface area contributed by atoms with Gasteiger partial charge in [0, 0.05) is 28.8 Å². The van der Waals surface area contributed by atoms with Crippen LogP contribution >= 0.6 is 0 Å². The topological polar surface area (TPSA) is 121 Å². The maximum Gasteiger partial charge on any atom is 0.261 e. The molecular formula is C24H19N5O3. The van der Waals surface area contributed by atoms with Crippen molar-refractivity contribution in [2.45, 2.75) is 19.3 Å². The minimum atomic E-state index is -0.595. The maximum atomic E-state index is 12.9. The van der Waals surface area contributed by atoms with E-state index in [2.05, 4.69) is 25.5 Å². The largest absolute Gasteiger partial charge is 0.325 e. The summed E-state index contributed by atoms with van der Waals surface area (Å²) in [5.41, 5.74) is 2.35. The highest BCUT2D eigenvalue weighted by Crippen LogP contribution is 2.27. The summed E-state index contributed by atoms with van der Waals surface area (Å²) in [6, 6.07) is 18.0. The highest BCUT2D eigenvalue weighted by Gasteiger charge is 2.23. The number of aromatic nitrogens is 4. The number of pyridine rings is 1. The SMILES string of the molecule is O=C1CCCc2[nH]c(=O)c(C(=O)Nc3ccccc3-c3nc(-c4ccccc4)n[nH]3)cc21. The number of amides is 1. The number of Topliss-reactive ketones (excluding diaryl/α,β-unsaturated/α-hetero) is 1. The first-order valence-corrected chi connectivity index (χ1v) is 10.3. The number of anilines is 1. The second kappa shape index (κ2) is 8.07. The Balaban J connectivity index is 1.46. The van der Waals surface area contributed by atoms with Gasteiger partial charge in [0.25, 0.3) is 11.5 Å². The van der Waals surface area contributed by atoms with Gasteiger partial charge in [-0.1, -0.05) is 42.5 Å². The summed E-state index contributed by atoms with van der Waals surface area (Å²) >= 11 is 0. The first kappa shape index (κ1) is 19.6. The Morgan fingerprint density at radius 2 is 1.72 bits per heavy atom. The first-order chi connectivity index (χ1) is 15.6. The lowest BCUT2D eigenvalue weighted by Crippen LogP contribution is -2.27. The number of rotatable bonds is 4. The van der Waals surface area contributed by atoms with Gasteiger partial charge >= 0.3 is 0 Å². The molecule has 0 aliphatic heterocycles. The van der Waals surface area contributed by atoms with Crippen molar-refractivity contribution < 1.29 is 9.59 Å². The normalized spacial score (nSPS) is 12.9. The summed E-state index contributed by atoms with van der Waals surface area (Å²) in [5, 5.41) is 9.96. The molecule has 158 valence electrons. The summed E-state index contributed by atoms with van der Waals surface area (Å²) in [6.45, 7) is 0. The number of hydrogen-bond acceptors (Lipinski definition) is 5. The van der Waals surface area contributed by atoms with Gasteiger partial charge < -0.3 is 10.3 Å². The zero-order valence-electron chi connectivity index (χ0n) is 17.0. The number of carbonyl (C=O) groups excluding carboxylic acids is 2. The highest BCUT2D eigenvalue weighted by atomic mass is 16.2. The van der Waals surface area contributed by atoms with Crippen molar-refractivity contribution in [3.63, 3.8) is 0 Å². The Morgan fingerprint density at radius 1 is 0.938 bits per heavy atom. The van der Waals surface area contributed by atoms with E-state index in [1.54, 1.807) is 18.2 Å². The number of H-pyrrole nitrogens is 2. The summed E-state index contributed by atoms with van der Waals surface area (Å²) in [7, 11) is 0. The number of fused-ring (bicyclic) bond motifs is 1. The Kier molecular flexibility index (Phi) is 4.95. The van der Waals surface area contributed by atoms with Crippen molar-refractivity contribution in [2.24, 2.45) is 0 Å². The van der Waals surface area contributed by atoms with Crippen molar-refractivity contribution in [1.82, 2.24) is 20.2 Å². The summed E-state index contributed by atoms with van der Waals surface area (Å²) in [6.07, 6.45) is 1.73. The molecule has 3 N–H and O–H groups in total. The molecule has 0 spiro atoms. The number of nitrogens with one attached hydrogen (secondary N) is 3. The third-order valence-corrected chi connectivity index (χ3v) is 5.45. The molecule has 0 saturated carbocycles. The van der Waals surface area contributed by atoms with Crippen LogP contribution in [0.4, 0.5) is 5.69 Å². The molecule has 1 aliphatic rings. The second-order valence-corrected chi connectivity index (χ2v) is 7.55. The van der Waals surface area contributed by atoms with Gasteiger partial charge in [-0.15, -0.1) is 0 Å². The van der Waals surface area contributed by atoms with Gasteiger partial charge in [0.05, 0.1) is 5.69 Å². The van der Waals surface area contributed by atoms with Crippen LogP contribution in [0.1, 0.15) is 39.3 Å². The fourth-order valence-corrected chi connectivity index (χ4v) is 3.83. The van der Waals surface area contributed by atoms with E-state index in [4.69, 9.17) is 0 Å². The van der Waals surface area contributed by atoms with E-state index >= 15 is 0 Å². The minimum absolute atomic E-state index is 0.0629. The molecule has 0 radical (unpaired) electrons. The van der Waals surface area contributed by atoms with E-state index in [1.165, 1.54) is 6.07 Å². The van der Waals surface area contributed by atoms with E-state index < -0.39 is 11.5 Å². The lowest BCUT2D eigenvalue weighted by Gasteiger charge is -2.15. The van der Waals surface area contributed by atoms with Crippen LogP contribution in [0.2, 0.25) is 0 Å². The van der Waals surface area contributed by atoms with Crippen LogP contribution in [-0.4, -0.2) is 31.9 Å². The minimum Gasteiger partial charge on any atom is -0.325 e. The van der Waals surface area contributed by atoms with Crippen molar-refractivity contribution in [2.75, 3.05) is 5.32 Å². The molecule has 32 heavy (non-hydrogen) atoms. The zero-order chi connectivity index (χ0) is 22.1. The quantitative estimate of drug-likeness (QED) is 0.461. The second-order valence-electron chi connectivity index (χ2n) is 7.55. The molecule has 5 rings (SSSR count). The van der Waals surface area contributed by atoms with Crippen LogP contribution in [0.25, 0.3) is 22.8 Å². The van der Waals surface area contributed by atoms with Gasteiger partial charge in [-0.25, -0.2) is 4.98 Å². The fourth-order valence-electron chi connectivity index (χ4n) is 3.83. The summed E-state index contributed by atoms with van der Waals surface area (Å²) in [5.74, 6) is 0.357. The summed E-state index contributed by atoms with van der Waals surface area (Å²) in [4.78, 5) is 44.9. The van der Waals surface area contributed by atoms with Gasteiger partial charge in [0.2, 0.25) is 0 Å². The van der Waals surface area contributed by atoms with Gasteiger partial charge in [-0.3, -0.25) is 19.5 Å². The number of carbonyl (C=O) groups is 2. The monoisotopic (exact) mass is 425 g/mol. The van der Waals surface area contributed by atoms with E-state index in [0.29, 0.717) is 53.4 Å². The number of ketones is 1. The Bertz CT molecular complexity index is 1390. The van der Waals surface area contributed by atoms with Crippen LogP contribution in [0.15, 0.2) is 65.5 Å².